The lowest BCUT2D eigenvalue weighted by Crippen LogP contribution is -2.43. The summed E-state index contributed by atoms with van der Waals surface area (Å²) in [4.78, 5) is 27.5. The molecule has 22 heavy (non-hydrogen) atoms. The summed E-state index contributed by atoms with van der Waals surface area (Å²) >= 11 is 0. The second-order valence-corrected chi connectivity index (χ2v) is 6.88. The van der Waals surface area contributed by atoms with Crippen molar-refractivity contribution in [3.05, 3.63) is 10.4 Å². The molecule has 1 aliphatic rings. The van der Waals surface area contributed by atoms with Gasteiger partial charge in [0.2, 0.25) is 0 Å². The summed E-state index contributed by atoms with van der Waals surface area (Å²) < 4.78 is 5.32. The molecule has 0 aromatic carbocycles. The summed E-state index contributed by atoms with van der Waals surface area (Å²) in [7, 11) is 0. The molecule has 1 atom stereocenters. The Morgan fingerprint density at radius 1 is 1.32 bits per heavy atom. The van der Waals surface area contributed by atoms with Gasteiger partial charge in [-0.15, -0.1) is 0 Å². The highest BCUT2D eigenvalue weighted by atomic mass is 16.6. The number of amides is 1. The zero-order valence-corrected chi connectivity index (χ0v) is 13.6. The van der Waals surface area contributed by atoms with Gasteiger partial charge >= 0.3 is 12.1 Å². The smallest absolute Gasteiger partial charge is 0.410 e. The number of piperidine rings is 1. The van der Waals surface area contributed by atoms with Crippen LogP contribution in [0.2, 0.25) is 0 Å². The quantitative estimate of drug-likeness (QED) is 0.487. The third-order valence-electron chi connectivity index (χ3n) is 3.68. The average Bonchev–Trinajstić information content (AvgIpc) is 2.37. The van der Waals surface area contributed by atoms with Crippen LogP contribution in [-0.2, 0) is 9.53 Å². The number of azide groups is 1. The molecular formula is C14H24N4O4. The summed E-state index contributed by atoms with van der Waals surface area (Å²) in [5.74, 6) is -1.02. The molecule has 1 N–H and O–H groups in total. The Labute approximate surface area is 130 Å². The van der Waals surface area contributed by atoms with Gasteiger partial charge in [0.15, 0.2) is 0 Å². The molecule has 1 fully saturated rings. The fourth-order valence-corrected chi connectivity index (χ4v) is 2.48. The minimum Gasteiger partial charge on any atom is -0.481 e. The molecule has 0 saturated carbocycles. The van der Waals surface area contributed by atoms with Crippen LogP contribution >= 0.6 is 0 Å². The van der Waals surface area contributed by atoms with E-state index in [4.69, 9.17) is 10.3 Å². The van der Waals surface area contributed by atoms with E-state index in [0.29, 0.717) is 25.9 Å². The average molecular weight is 312 g/mol. The van der Waals surface area contributed by atoms with Gasteiger partial charge in [0.1, 0.15) is 11.1 Å². The van der Waals surface area contributed by atoms with Gasteiger partial charge in [-0.2, -0.15) is 0 Å². The van der Waals surface area contributed by atoms with E-state index in [1.54, 1.807) is 4.90 Å². The maximum Gasteiger partial charge on any atom is 0.410 e. The van der Waals surface area contributed by atoms with Gasteiger partial charge < -0.3 is 14.7 Å². The second kappa shape index (κ2) is 6.87. The topological polar surface area (TPSA) is 116 Å². The van der Waals surface area contributed by atoms with Crippen molar-refractivity contribution in [2.75, 3.05) is 13.1 Å². The molecule has 0 bridgehead atoms. The Morgan fingerprint density at radius 2 is 1.86 bits per heavy atom. The van der Waals surface area contributed by atoms with Crippen molar-refractivity contribution in [1.29, 1.82) is 0 Å². The summed E-state index contributed by atoms with van der Waals surface area (Å²) in [6.45, 7) is 7.91. The predicted molar refractivity (Wildman–Crippen MR) is 80.3 cm³/mol. The highest BCUT2D eigenvalue weighted by Gasteiger charge is 2.37. The third-order valence-corrected chi connectivity index (χ3v) is 3.68. The van der Waals surface area contributed by atoms with Crippen LogP contribution in [0, 0.1) is 5.92 Å². The standard InChI is InChI=1S/C14H24N4O4/c1-13(2,3)22-12(21)18-7-5-10(6-8-18)9-14(4,11(19)20)16-17-15/h10H,5-9H2,1-4H3,(H,19,20)/t14-/m0/s1. The first-order valence-corrected chi connectivity index (χ1v) is 7.35. The number of hydrogen-bond acceptors (Lipinski definition) is 4. The van der Waals surface area contributed by atoms with E-state index in [1.165, 1.54) is 6.92 Å². The maximum absolute atomic E-state index is 12.0. The van der Waals surface area contributed by atoms with Gasteiger partial charge in [-0.05, 0) is 58.4 Å². The second-order valence-electron chi connectivity index (χ2n) is 6.88. The molecule has 0 spiro atoms. The summed E-state index contributed by atoms with van der Waals surface area (Å²) in [6.07, 6.45) is 1.27. The van der Waals surface area contributed by atoms with Crippen molar-refractivity contribution < 1.29 is 19.4 Å². The van der Waals surface area contributed by atoms with Crippen molar-refractivity contribution in [3.8, 4) is 0 Å². The van der Waals surface area contributed by atoms with Gasteiger partial charge in [0.05, 0.1) is 0 Å². The molecule has 0 aromatic heterocycles. The Hall–Kier alpha value is -1.95. The van der Waals surface area contributed by atoms with Crippen LogP contribution in [0.3, 0.4) is 0 Å². The van der Waals surface area contributed by atoms with Crippen molar-refractivity contribution in [2.24, 2.45) is 11.0 Å². The SMILES string of the molecule is CC(C)(C)OC(=O)N1CCC(C[C@](C)(N=[N+]=[N-])C(=O)O)CC1. The molecule has 0 unspecified atom stereocenters. The van der Waals surface area contributed by atoms with Crippen molar-refractivity contribution in [3.63, 3.8) is 0 Å². The number of hydrogen-bond donors (Lipinski definition) is 1. The van der Waals surface area contributed by atoms with E-state index in [-0.39, 0.29) is 18.4 Å². The first kappa shape index (κ1) is 18.1. The maximum atomic E-state index is 12.0. The molecule has 1 heterocycles. The van der Waals surface area contributed by atoms with Gasteiger partial charge in [0, 0.05) is 18.0 Å². The minimum atomic E-state index is -1.44. The fraction of sp³-hybridized carbons (Fsp3) is 0.857. The number of nitrogens with zero attached hydrogens (tertiary/aromatic N) is 4. The number of aliphatic carboxylic acids is 1. The lowest BCUT2D eigenvalue weighted by Gasteiger charge is -2.35. The molecule has 124 valence electrons. The molecule has 0 aliphatic carbocycles. The Bertz CT molecular complexity index is 470. The van der Waals surface area contributed by atoms with E-state index in [0.717, 1.165) is 0 Å². The molecule has 1 rings (SSSR count). The van der Waals surface area contributed by atoms with Gasteiger partial charge in [-0.25, -0.2) is 4.79 Å². The van der Waals surface area contributed by atoms with Crippen LogP contribution in [0.25, 0.3) is 10.4 Å². The Kier molecular flexibility index (Phi) is 5.65. The van der Waals surface area contributed by atoms with Crippen LogP contribution < -0.4 is 0 Å². The number of rotatable bonds is 4. The molecule has 1 saturated heterocycles. The zero-order valence-electron chi connectivity index (χ0n) is 13.6. The lowest BCUT2D eigenvalue weighted by atomic mass is 9.84. The summed E-state index contributed by atoms with van der Waals surface area (Å²) in [5, 5.41) is 12.6. The number of likely N-dealkylation sites (tertiary alicyclic amines) is 1. The highest BCUT2D eigenvalue weighted by molar-refractivity contribution is 5.78. The van der Waals surface area contributed by atoms with Gasteiger partial charge in [-0.1, -0.05) is 5.11 Å². The van der Waals surface area contributed by atoms with Crippen LogP contribution in [0.5, 0.6) is 0 Å². The minimum absolute atomic E-state index is 0.102. The number of carbonyl (C=O) groups is 2. The normalized spacial score (nSPS) is 19.0. The first-order chi connectivity index (χ1) is 10.1. The predicted octanol–water partition coefficient (Wildman–Crippen LogP) is 3.18. The lowest BCUT2D eigenvalue weighted by molar-refractivity contribution is -0.143. The fourth-order valence-electron chi connectivity index (χ4n) is 2.48. The number of carbonyl (C=O) groups excluding carboxylic acids is 1. The van der Waals surface area contributed by atoms with E-state index in [2.05, 4.69) is 10.0 Å². The van der Waals surface area contributed by atoms with Crippen LogP contribution in [0.15, 0.2) is 5.11 Å². The molecule has 8 heteroatoms. The number of carboxylic acids is 1. The summed E-state index contributed by atoms with van der Waals surface area (Å²) in [6, 6.07) is 0. The molecule has 1 aliphatic heterocycles. The molecule has 0 radical (unpaired) electrons. The van der Waals surface area contributed by atoms with Crippen molar-refractivity contribution in [1.82, 2.24) is 4.90 Å². The van der Waals surface area contributed by atoms with Crippen LogP contribution in [0.4, 0.5) is 4.79 Å². The van der Waals surface area contributed by atoms with Gasteiger partial charge in [0.25, 0.3) is 0 Å². The van der Waals surface area contributed by atoms with E-state index in [9.17, 15) is 14.7 Å². The monoisotopic (exact) mass is 312 g/mol. The largest absolute Gasteiger partial charge is 0.481 e. The van der Waals surface area contributed by atoms with E-state index in [1.807, 2.05) is 20.8 Å². The Morgan fingerprint density at radius 3 is 2.27 bits per heavy atom. The highest BCUT2D eigenvalue weighted by Crippen LogP contribution is 2.29. The van der Waals surface area contributed by atoms with E-state index >= 15 is 0 Å². The zero-order chi connectivity index (χ0) is 17.0. The first-order valence-electron chi connectivity index (χ1n) is 7.35. The molecule has 8 nitrogen and oxygen atoms in total. The Balaban J connectivity index is 2.57. The molecule has 1 amide bonds. The molecule has 0 aromatic rings. The van der Waals surface area contributed by atoms with Gasteiger partial charge in [-0.3, -0.25) is 4.79 Å². The number of ether oxygens (including phenoxy) is 1. The van der Waals surface area contributed by atoms with E-state index < -0.39 is 17.1 Å². The van der Waals surface area contributed by atoms with Crippen LogP contribution in [0.1, 0.15) is 47.0 Å². The van der Waals surface area contributed by atoms with Crippen molar-refractivity contribution in [2.45, 2.75) is 58.1 Å². The van der Waals surface area contributed by atoms with Crippen molar-refractivity contribution >= 4 is 12.1 Å². The van der Waals surface area contributed by atoms with Crippen LogP contribution in [-0.4, -0.2) is 46.3 Å². The summed E-state index contributed by atoms with van der Waals surface area (Å²) in [5.41, 5.74) is 6.56. The number of carboxylic acid groups (broad SMARTS) is 1. The molecular weight excluding hydrogens is 288 g/mol. The third kappa shape index (κ3) is 5.11.